The van der Waals surface area contributed by atoms with Crippen molar-refractivity contribution in [2.45, 2.75) is 12.4 Å². The Morgan fingerprint density at radius 2 is 0.973 bits per heavy atom. The minimum Gasteiger partial charge on any atom is -0.205 e. The van der Waals surface area contributed by atoms with Crippen LogP contribution in [0.1, 0.15) is 38.9 Å². The number of alkyl halides is 6. The van der Waals surface area contributed by atoms with Gasteiger partial charge in [-0.3, -0.25) is 0 Å². The molecule has 0 spiro atoms. The molecule has 0 atom stereocenters. The largest absolute Gasteiger partial charge is 0.417 e. The van der Waals surface area contributed by atoms with Crippen LogP contribution in [0.3, 0.4) is 0 Å². The average molecular weight is 509 g/mol. The van der Waals surface area contributed by atoms with Gasteiger partial charge in [0, 0.05) is 5.22 Å². The molecule has 0 saturated heterocycles. The maximum atomic E-state index is 15.3. The van der Waals surface area contributed by atoms with Crippen molar-refractivity contribution in [2.75, 3.05) is 0 Å². The molecular weight excluding hydrogens is 507 g/mol. The van der Waals surface area contributed by atoms with E-state index in [9.17, 15) is 47.4 Å². The van der Waals surface area contributed by atoms with Crippen LogP contribution in [0.15, 0.2) is 12.1 Å². The van der Waals surface area contributed by atoms with Gasteiger partial charge in [-0.15, -0.1) is 0 Å². The molecule has 2 aromatic rings. The van der Waals surface area contributed by atoms with E-state index in [0.29, 0.717) is 0 Å². The van der Waals surface area contributed by atoms with Crippen LogP contribution in [0.4, 0.5) is 30.7 Å². The van der Waals surface area contributed by atoms with Crippen molar-refractivity contribution in [3.8, 4) is 42.5 Å². The molecule has 0 radical (unpaired) electrons. The van der Waals surface area contributed by atoms with E-state index in [2.05, 4.69) is 0 Å². The molecule has 14 heteroatoms. The van der Waals surface area contributed by atoms with Crippen LogP contribution in [0.2, 0.25) is 0 Å². The molecule has 2 rings (SSSR count). The van der Waals surface area contributed by atoms with E-state index < -0.39 is 78.7 Å². The molecule has 0 amide bonds. The van der Waals surface area contributed by atoms with Gasteiger partial charge >= 0.3 is 12.4 Å². The molecule has 0 aliphatic heterocycles. The molecule has 0 fully saturated rings. The first-order valence-corrected chi connectivity index (χ1v) is 9.04. The van der Waals surface area contributed by atoms with Crippen molar-refractivity contribution in [3.05, 3.63) is 67.3 Å². The van der Waals surface area contributed by atoms with Crippen molar-refractivity contribution in [1.82, 2.24) is 0 Å². The van der Waals surface area contributed by atoms with Gasteiger partial charge in [-0.2, -0.15) is 63.2 Å². The Morgan fingerprint density at radius 3 is 1.30 bits per heavy atom. The molecular formula is C23H2F7N7. The van der Waals surface area contributed by atoms with Gasteiger partial charge in [0.25, 0.3) is 0 Å². The molecule has 0 saturated carbocycles. The standard InChI is InChI=1S/C23H2F7N7/c24-21-16(9-37)20(14(7-35)13(6-34)19(21)11(3-31)4-32)12(5-33)10-1-17(22(25,26)27)15(8-36)18(2-10)23(28,29)30/h1-2H/b20-12-. The number of rotatable bonds is 1. The zero-order chi connectivity index (χ0) is 28.3. The second kappa shape index (κ2) is 9.77. The molecule has 0 aliphatic rings. The van der Waals surface area contributed by atoms with Crippen LogP contribution in [0, 0.1) is 85.1 Å². The summed E-state index contributed by atoms with van der Waals surface area (Å²) in [5.41, 5.74) is -13.1. The number of halogens is 7. The topological polar surface area (TPSA) is 167 Å². The minimum atomic E-state index is -5.55. The van der Waals surface area contributed by atoms with Crippen LogP contribution < -0.4 is 10.4 Å². The van der Waals surface area contributed by atoms with Crippen molar-refractivity contribution in [3.63, 3.8) is 0 Å². The van der Waals surface area contributed by atoms with Crippen molar-refractivity contribution >= 4 is 11.1 Å². The smallest absolute Gasteiger partial charge is 0.205 e. The molecule has 0 aliphatic carbocycles. The fraction of sp³-hybridized carbons (Fsp3) is 0.0870. The van der Waals surface area contributed by atoms with Crippen LogP contribution in [-0.4, -0.2) is 0 Å². The quantitative estimate of drug-likeness (QED) is 0.532. The number of benzene rings is 2. The Morgan fingerprint density at radius 1 is 0.568 bits per heavy atom. The van der Waals surface area contributed by atoms with Gasteiger partial charge < -0.3 is 0 Å². The summed E-state index contributed by atoms with van der Waals surface area (Å²) in [6.45, 7) is 0. The lowest BCUT2D eigenvalue weighted by Crippen LogP contribution is -2.30. The Balaban J connectivity index is 3.50. The highest BCUT2D eigenvalue weighted by Gasteiger charge is 2.42. The molecule has 0 heterocycles. The van der Waals surface area contributed by atoms with Crippen LogP contribution >= 0.6 is 0 Å². The number of hydrogen-bond acceptors (Lipinski definition) is 7. The van der Waals surface area contributed by atoms with Gasteiger partial charge in [0.05, 0.1) is 44.2 Å². The Hall–Kier alpha value is -5.88. The number of hydrogen-bond donors (Lipinski definition) is 0. The molecule has 0 aromatic heterocycles. The van der Waals surface area contributed by atoms with Gasteiger partial charge in [0.1, 0.15) is 48.1 Å². The fourth-order valence-electron chi connectivity index (χ4n) is 3.29. The second-order valence-electron chi connectivity index (χ2n) is 6.66. The maximum Gasteiger partial charge on any atom is 0.417 e. The molecule has 0 N–H and O–H groups in total. The molecule has 0 unspecified atom stereocenters. The third-order valence-electron chi connectivity index (χ3n) is 4.76. The van der Waals surface area contributed by atoms with Gasteiger partial charge in [-0.1, -0.05) is 0 Å². The van der Waals surface area contributed by atoms with Crippen LogP contribution in [-0.2, 0) is 12.4 Å². The highest BCUT2D eigenvalue weighted by Crippen LogP contribution is 2.40. The molecule has 37 heavy (non-hydrogen) atoms. The zero-order valence-corrected chi connectivity index (χ0v) is 17.4. The monoisotopic (exact) mass is 509 g/mol. The summed E-state index contributed by atoms with van der Waals surface area (Å²) in [6.07, 6.45) is -11.1. The predicted molar refractivity (Wildman–Crippen MR) is 104 cm³/mol. The van der Waals surface area contributed by atoms with E-state index in [0.717, 1.165) is 6.07 Å². The summed E-state index contributed by atoms with van der Waals surface area (Å²) in [5, 5.41) is 63.1. The summed E-state index contributed by atoms with van der Waals surface area (Å²) >= 11 is 0. The van der Waals surface area contributed by atoms with E-state index in [4.69, 9.17) is 15.8 Å². The zero-order valence-electron chi connectivity index (χ0n) is 17.4. The summed E-state index contributed by atoms with van der Waals surface area (Å²) in [6, 6.07) is 8.23. The lowest BCUT2D eigenvalue weighted by atomic mass is 9.89. The average Bonchev–Trinajstić information content (AvgIpc) is 2.84. The summed E-state index contributed by atoms with van der Waals surface area (Å²) in [7, 11) is 0. The first kappa shape index (κ1) is 27.4. The van der Waals surface area contributed by atoms with Gasteiger partial charge in [-0.25, -0.2) is 4.39 Å². The second-order valence-corrected chi connectivity index (χ2v) is 6.66. The Bertz CT molecular complexity index is 1730. The molecule has 2 aromatic carbocycles. The third-order valence-corrected chi connectivity index (χ3v) is 4.76. The van der Waals surface area contributed by atoms with Gasteiger partial charge in [0.15, 0.2) is 5.82 Å². The van der Waals surface area contributed by atoms with E-state index in [1.807, 2.05) is 0 Å². The number of nitriles is 7. The SMILES string of the molecule is N#CC(C#N)=c1c(F)c(C#N)/c(=C(/C#N)c2cc(C(F)(F)F)c(C#N)c(C(F)(F)F)c2)c(C#N)c1C#N. The molecule has 0 bridgehead atoms. The minimum absolute atomic E-state index is 0.0331. The number of nitrogens with zero attached hydrogens (tertiary/aromatic N) is 7. The van der Waals surface area contributed by atoms with E-state index >= 15 is 4.39 Å². The van der Waals surface area contributed by atoms with Crippen LogP contribution in [0.5, 0.6) is 0 Å². The Kier molecular flexibility index (Phi) is 7.23. The lowest BCUT2D eigenvalue weighted by molar-refractivity contribution is -0.143. The van der Waals surface area contributed by atoms with Gasteiger partial charge in [-0.05, 0) is 17.7 Å². The Labute approximate surface area is 201 Å². The van der Waals surface area contributed by atoms with E-state index in [1.165, 1.54) is 36.4 Å². The van der Waals surface area contributed by atoms with Crippen LogP contribution in [0.25, 0.3) is 11.1 Å². The molecule has 178 valence electrons. The third kappa shape index (κ3) is 4.58. The van der Waals surface area contributed by atoms with Crippen molar-refractivity contribution < 1.29 is 30.7 Å². The first-order chi connectivity index (χ1) is 17.3. The van der Waals surface area contributed by atoms with Gasteiger partial charge in [0.2, 0.25) is 0 Å². The van der Waals surface area contributed by atoms with E-state index in [-0.39, 0.29) is 12.1 Å². The maximum absolute atomic E-state index is 15.3. The fourth-order valence-corrected chi connectivity index (χ4v) is 3.29. The normalized spacial score (nSPS) is 11.4. The summed E-state index contributed by atoms with van der Waals surface area (Å²) in [4.78, 5) is 0. The lowest BCUT2D eigenvalue weighted by Gasteiger charge is -2.17. The molecule has 7 nitrogen and oxygen atoms in total. The first-order valence-electron chi connectivity index (χ1n) is 9.04. The summed E-state index contributed by atoms with van der Waals surface area (Å²) in [5.74, 6) is -1.79. The highest BCUT2D eigenvalue weighted by atomic mass is 19.4. The van der Waals surface area contributed by atoms with Crippen molar-refractivity contribution in [2.24, 2.45) is 0 Å². The van der Waals surface area contributed by atoms with E-state index in [1.54, 1.807) is 0 Å². The summed E-state index contributed by atoms with van der Waals surface area (Å²) < 4.78 is 96.6. The van der Waals surface area contributed by atoms with Crippen molar-refractivity contribution in [1.29, 1.82) is 36.8 Å². The highest BCUT2D eigenvalue weighted by molar-refractivity contribution is 5.82. The predicted octanol–water partition coefficient (Wildman–Crippen LogP) is 3.27.